The number of amides is 2. The molecule has 1 rings (SSSR count). The summed E-state index contributed by atoms with van der Waals surface area (Å²) in [6.07, 6.45) is 0.756. The zero-order valence-corrected chi connectivity index (χ0v) is 13.4. The molecule has 0 bridgehead atoms. The topological polar surface area (TPSA) is 75.7 Å². The predicted octanol–water partition coefficient (Wildman–Crippen LogP) is 2.06. The maximum atomic E-state index is 12.2. The minimum Gasteiger partial charge on any atom is -0.465 e. The predicted molar refractivity (Wildman–Crippen MR) is 83.6 cm³/mol. The molecule has 1 aromatic rings. The van der Waals surface area contributed by atoms with Crippen LogP contribution in [0.3, 0.4) is 0 Å². The van der Waals surface area contributed by atoms with Crippen molar-refractivity contribution in [3.8, 4) is 0 Å². The number of para-hydroxylation sites is 1. The number of rotatable bonds is 6. The largest absolute Gasteiger partial charge is 0.465 e. The molecule has 0 aliphatic heterocycles. The third kappa shape index (κ3) is 4.58. The molecule has 1 aromatic carbocycles. The summed E-state index contributed by atoms with van der Waals surface area (Å²) in [6.45, 7) is 5.21. The third-order valence-electron chi connectivity index (χ3n) is 3.45. The van der Waals surface area contributed by atoms with Crippen LogP contribution in [-0.2, 0) is 14.3 Å². The minimum atomic E-state index is -0.527. The van der Waals surface area contributed by atoms with E-state index in [-0.39, 0.29) is 30.0 Å². The van der Waals surface area contributed by atoms with Crippen LogP contribution < -0.4 is 5.32 Å². The third-order valence-corrected chi connectivity index (χ3v) is 3.45. The fraction of sp³-hybridized carbons (Fsp3) is 0.438. The van der Waals surface area contributed by atoms with Crippen LogP contribution in [0, 0.1) is 0 Å². The van der Waals surface area contributed by atoms with Crippen LogP contribution in [0.4, 0.5) is 5.69 Å². The molecule has 0 heterocycles. The van der Waals surface area contributed by atoms with Crippen LogP contribution in [0.25, 0.3) is 0 Å². The molecule has 0 saturated heterocycles. The summed E-state index contributed by atoms with van der Waals surface area (Å²) < 4.78 is 4.68. The zero-order valence-electron chi connectivity index (χ0n) is 13.4. The Labute approximate surface area is 130 Å². The average Bonchev–Trinajstić information content (AvgIpc) is 2.51. The number of carbonyl (C=O) groups is 3. The van der Waals surface area contributed by atoms with Gasteiger partial charge < -0.3 is 15.0 Å². The Balaban J connectivity index is 2.85. The highest BCUT2D eigenvalue weighted by Gasteiger charge is 2.20. The quantitative estimate of drug-likeness (QED) is 0.816. The molecule has 0 radical (unpaired) electrons. The van der Waals surface area contributed by atoms with Gasteiger partial charge in [-0.05, 0) is 25.5 Å². The van der Waals surface area contributed by atoms with Crippen molar-refractivity contribution in [2.24, 2.45) is 0 Å². The molecule has 2 amide bonds. The maximum absolute atomic E-state index is 12.2. The van der Waals surface area contributed by atoms with Crippen molar-refractivity contribution in [1.82, 2.24) is 4.90 Å². The minimum absolute atomic E-state index is 0.0286. The number of anilines is 1. The van der Waals surface area contributed by atoms with Gasteiger partial charge in [0.25, 0.3) is 0 Å². The first-order valence-corrected chi connectivity index (χ1v) is 7.15. The van der Waals surface area contributed by atoms with Gasteiger partial charge in [-0.15, -0.1) is 0 Å². The molecule has 120 valence electrons. The lowest BCUT2D eigenvalue weighted by Crippen LogP contribution is -2.42. The van der Waals surface area contributed by atoms with Crippen molar-refractivity contribution >= 4 is 23.5 Å². The van der Waals surface area contributed by atoms with E-state index in [1.165, 1.54) is 18.9 Å². The second-order valence-corrected chi connectivity index (χ2v) is 4.99. The van der Waals surface area contributed by atoms with Crippen LogP contribution in [-0.4, -0.2) is 42.4 Å². The molecular formula is C16H22N2O4. The van der Waals surface area contributed by atoms with Crippen molar-refractivity contribution in [3.63, 3.8) is 0 Å². The molecule has 0 spiro atoms. The van der Waals surface area contributed by atoms with Crippen molar-refractivity contribution in [3.05, 3.63) is 29.8 Å². The van der Waals surface area contributed by atoms with Crippen molar-refractivity contribution in [2.45, 2.75) is 33.2 Å². The summed E-state index contributed by atoms with van der Waals surface area (Å²) in [5.41, 5.74) is 0.642. The van der Waals surface area contributed by atoms with Gasteiger partial charge in [0.05, 0.1) is 18.4 Å². The fourth-order valence-corrected chi connectivity index (χ4v) is 2.02. The SMILES string of the molecule is CCC(C)N(CC(=O)Nc1ccccc1C(=O)OC)C(C)=O. The van der Waals surface area contributed by atoms with Gasteiger partial charge in [-0.2, -0.15) is 0 Å². The molecule has 22 heavy (non-hydrogen) atoms. The Morgan fingerprint density at radius 3 is 2.45 bits per heavy atom. The number of nitrogens with zero attached hydrogens (tertiary/aromatic N) is 1. The van der Waals surface area contributed by atoms with E-state index in [0.29, 0.717) is 5.69 Å². The molecule has 1 atom stereocenters. The fourth-order valence-electron chi connectivity index (χ4n) is 2.02. The van der Waals surface area contributed by atoms with Gasteiger partial charge in [-0.3, -0.25) is 9.59 Å². The van der Waals surface area contributed by atoms with E-state index in [1.807, 2.05) is 13.8 Å². The summed E-state index contributed by atoms with van der Waals surface area (Å²) in [5, 5.41) is 2.66. The molecule has 0 fully saturated rings. The summed E-state index contributed by atoms with van der Waals surface area (Å²) in [7, 11) is 1.28. The number of carbonyl (C=O) groups excluding carboxylic acids is 3. The van der Waals surface area contributed by atoms with Crippen molar-refractivity contribution in [2.75, 3.05) is 19.0 Å². The Kier molecular flexibility index (Phi) is 6.56. The van der Waals surface area contributed by atoms with Crippen molar-refractivity contribution < 1.29 is 19.1 Å². The highest BCUT2D eigenvalue weighted by molar-refractivity contribution is 6.02. The van der Waals surface area contributed by atoms with Gasteiger partial charge >= 0.3 is 5.97 Å². The molecule has 1 N–H and O–H groups in total. The normalized spacial score (nSPS) is 11.5. The average molecular weight is 306 g/mol. The molecule has 0 aromatic heterocycles. The van der Waals surface area contributed by atoms with Gasteiger partial charge in [-0.25, -0.2) is 4.79 Å². The van der Waals surface area contributed by atoms with Crippen LogP contribution in [0.5, 0.6) is 0 Å². The molecule has 0 aliphatic rings. The first-order chi connectivity index (χ1) is 10.4. The zero-order chi connectivity index (χ0) is 16.7. The second kappa shape index (κ2) is 8.17. The first kappa shape index (κ1) is 17.7. The Hall–Kier alpha value is -2.37. The smallest absolute Gasteiger partial charge is 0.339 e. The lowest BCUT2D eigenvalue weighted by atomic mass is 10.1. The number of esters is 1. The molecule has 1 unspecified atom stereocenters. The van der Waals surface area contributed by atoms with Gasteiger partial charge in [0.15, 0.2) is 0 Å². The van der Waals surface area contributed by atoms with Gasteiger partial charge in [0, 0.05) is 13.0 Å². The van der Waals surface area contributed by atoms with E-state index in [4.69, 9.17) is 0 Å². The molecule has 0 aliphatic carbocycles. The van der Waals surface area contributed by atoms with E-state index in [2.05, 4.69) is 10.1 Å². The lowest BCUT2D eigenvalue weighted by Gasteiger charge is -2.26. The molecular weight excluding hydrogens is 284 g/mol. The summed E-state index contributed by atoms with van der Waals surface area (Å²) >= 11 is 0. The number of ether oxygens (including phenoxy) is 1. The monoisotopic (exact) mass is 306 g/mol. The van der Waals surface area contributed by atoms with E-state index in [0.717, 1.165) is 6.42 Å². The lowest BCUT2D eigenvalue weighted by molar-refractivity contribution is -0.134. The summed E-state index contributed by atoms with van der Waals surface area (Å²) in [5.74, 6) is -1.04. The maximum Gasteiger partial charge on any atom is 0.339 e. The first-order valence-electron chi connectivity index (χ1n) is 7.15. The number of benzene rings is 1. The Morgan fingerprint density at radius 1 is 1.27 bits per heavy atom. The van der Waals surface area contributed by atoms with Crippen LogP contribution in [0.1, 0.15) is 37.6 Å². The summed E-state index contributed by atoms with van der Waals surface area (Å²) in [6, 6.07) is 6.55. The standard InChI is InChI=1S/C16H22N2O4/c1-5-11(2)18(12(3)19)10-15(20)17-14-9-7-6-8-13(14)16(21)22-4/h6-9,11H,5,10H2,1-4H3,(H,17,20). The molecule has 0 saturated carbocycles. The van der Waals surface area contributed by atoms with Crippen molar-refractivity contribution in [1.29, 1.82) is 0 Å². The van der Waals surface area contributed by atoms with Gasteiger partial charge in [0.2, 0.25) is 11.8 Å². The van der Waals surface area contributed by atoms with Crippen LogP contribution in [0.15, 0.2) is 24.3 Å². The highest BCUT2D eigenvalue weighted by Crippen LogP contribution is 2.16. The van der Waals surface area contributed by atoms with E-state index in [9.17, 15) is 14.4 Å². The van der Waals surface area contributed by atoms with E-state index in [1.54, 1.807) is 24.3 Å². The van der Waals surface area contributed by atoms with Gasteiger partial charge in [-0.1, -0.05) is 19.1 Å². The van der Waals surface area contributed by atoms with E-state index >= 15 is 0 Å². The van der Waals surface area contributed by atoms with E-state index < -0.39 is 5.97 Å². The highest BCUT2D eigenvalue weighted by atomic mass is 16.5. The number of methoxy groups -OCH3 is 1. The summed E-state index contributed by atoms with van der Waals surface area (Å²) in [4.78, 5) is 36.9. The number of hydrogen-bond donors (Lipinski definition) is 1. The van der Waals surface area contributed by atoms with Crippen LogP contribution in [0.2, 0.25) is 0 Å². The second-order valence-electron chi connectivity index (χ2n) is 4.99. The number of hydrogen-bond acceptors (Lipinski definition) is 4. The van der Waals surface area contributed by atoms with Crippen LogP contribution >= 0.6 is 0 Å². The Morgan fingerprint density at radius 2 is 1.91 bits per heavy atom. The Bertz CT molecular complexity index is 557. The molecule has 6 heteroatoms. The van der Waals surface area contributed by atoms with Gasteiger partial charge in [0.1, 0.15) is 6.54 Å². The number of nitrogens with one attached hydrogen (secondary N) is 1. The molecule has 6 nitrogen and oxygen atoms in total.